The lowest BCUT2D eigenvalue weighted by Crippen LogP contribution is -2.04. The summed E-state index contributed by atoms with van der Waals surface area (Å²) in [4.78, 5) is 8.85. The first-order valence-corrected chi connectivity index (χ1v) is 8.72. The summed E-state index contributed by atoms with van der Waals surface area (Å²) in [5.41, 5.74) is 8.71. The van der Waals surface area contributed by atoms with Gasteiger partial charge in [-0.1, -0.05) is 47.5 Å². The molecule has 26 heavy (non-hydrogen) atoms. The Morgan fingerprint density at radius 2 is 1.77 bits per heavy atom. The average Bonchev–Trinajstić information content (AvgIpc) is 2.62. The Morgan fingerprint density at radius 3 is 2.50 bits per heavy atom. The topological polar surface area (TPSA) is 60.5 Å². The molecule has 0 fully saturated rings. The lowest BCUT2D eigenvalue weighted by atomic mass is 10.1. The van der Waals surface area contributed by atoms with Gasteiger partial charge >= 0.3 is 0 Å². The fourth-order valence-corrected chi connectivity index (χ4v) is 3.00. The summed E-state index contributed by atoms with van der Waals surface area (Å²) in [6.45, 7) is 1.98. The molecule has 3 aromatic rings. The first-order chi connectivity index (χ1) is 12.6. The molecule has 0 aliphatic rings. The molecule has 1 heterocycles. The van der Waals surface area contributed by atoms with E-state index in [1.807, 2.05) is 36.4 Å². The number of para-hydroxylation sites is 1. The quantitative estimate of drug-likeness (QED) is 0.456. The largest absolute Gasteiger partial charge is 0.487 e. The van der Waals surface area contributed by atoms with Crippen molar-refractivity contribution in [2.75, 3.05) is 0 Å². The number of nitrogens with zero attached hydrogens (tertiary/aromatic N) is 2. The van der Waals surface area contributed by atoms with E-state index in [-0.39, 0.29) is 6.61 Å². The molecule has 1 aromatic heterocycles. The summed E-state index contributed by atoms with van der Waals surface area (Å²) < 4.78 is 5.99. The van der Waals surface area contributed by atoms with Crippen molar-refractivity contribution in [3.8, 4) is 17.0 Å². The van der Waals surface area contributed by atoms with E-state index >= 15 is 0 Å². The molecule has 0 radical (unpaired) electrons. The number of ether oxygens (including phenoxy) is 1. The lowest BCUT2D eigenvalue weighted by Gasteiger charge is -2.13. The first kappa shape index (κ1) is 18.2. The van der Waals surface area contributed by atoms with Gasteiger partial charge in [-0.15, -0.1) is 0 Å². The molecule has 4 nitrogen and oxygen atoms in total. The highest BCUT2D eigenvalue weighted by atomic mass is 35.5. The predicted molar refractivity (Wildman–Crippen MR) is 107 cm³/mol. The number of amidine groups is 1. The highest BCUT2D eigenvalue weighted by Crippen LogP contribution is 2.35. The molecule has 0 spiro atoms. The molecule has 0 aliphatic heterocycles. The Hall–Kier alpha value is -2.56. The molecule has 6 heteroatoms. The second-order valence-electron chi connectivity index (χ2n) is 5.61. The number of aliphatic imine (C=N–C) groups is 1. The van der Waals surface area contributed by atoms with E-state index in [4.69, 9.17) is 33.7 Å². The average molecular weight is 386 g/mol. The van der Waals surface area contributed by atoms with Crippen LogP contribution in [-0.2, 0) is 6.61 Å². The molecule has 132 valence electrons. The van der Waals surface area contributed by atoms with Crippen LogP contribution < -0.4 is 10.5 Å². The Morgan fingerprint density at radius 1 is 1.04 bits per heavy atom. The molecule has 0 aliphatic carbocycles. The van der Waals surface area contributed by atoms with Crippen LogP contribution in [0.1, 0.15) is 12.5 Å². The van der Waals surface area contributed by atoms with Gasteiger partial charge in [-0.3, -0.25) is 4.98 Å². The Kier molecular flexibility index (Phi) is 5.76. The molecule has 0 saturated carbocycles. The number of hydrogen-bond acceptors (Lipinski definition) is 3. The van der Waals surface area contributed by atoms with Crippen LogP contribution >= 0.6 is 23.2 Å². The number of pyridine rings is 1. The van der Waals surface area contributed by atoms with Crippen molar-refractivity contribution in [2.45, 2.75) is 13.5 Å². The summed E-state index contributed by atoms with van der Waals surface area (Å²) in [6.07, 6.45) is 1.71. The van der Waals surface area contributed by atoms with Crippen molar-refractivity contribution in [3.63, 3.8) is 0 Å². The lowest BCUT2D eigenvalue weighted by molar-refractivity contribution is 0.306. The van der Waals surface area contributed by atoms with Crippen LogP contribution in [0.5, 0.6) is 5.75 Å². The maximum absolute atomic E-state index is 6.22. The minimum atomic E-state index is 0.235. The Bertz CT molecular complexity index is 933. The second kappa shape index (κ2) is 8.21. The predicted octanol–water partition coefficient (Wildman–Crippen LogP) is 5.64. The number of nitrogens with two attached hydrogens (primary N) is 1. The van der Waals surface area contributed by atoms with Gasteiger partial charge in [-0.25, -0.2) is 4.99 Å². The van der Waals surface area contributed by atoms with Gasteiger partial charge in [0.2, 0.25) is 0 Å². The van der Waals surface area contributed by atoms with E-state index in [1.165, 1.54) is 0 Å². The minimum Gasteiger partial charge on any atom is -0.487 e. The van der Waals surface area contributed by atoms with Gasteiger partial charge < -0.3 is 10.5 Å². The van der Waals surface area contributed by atoms with E-state index < -0.39 is 0 Å². The van der Waals surface area contributed by atoms with E-state index in [2.05, 4.69) is 9.98 Å². The van der Waals surface area contributed by atoms with Crippen molar-refractivity contribution < 1.29 is 4.74 Å². The normalized spacial score (nSPS) is 11.4. The highest BCUT2D eigenvalue weighted by Gasteiger charge is 2.13. The van der Waals surface area contributed by atoms with E-state index in [0.29, 0.717) is 27.3 Å². The molecule has 0 saturated heterocycles. The highest BCUT2D eigenvalue weighted by molar-refractivity contribution is 6.35. The minimum absolute atomic E-state index is 0.235. The zero-order chi connectivity index (χ0) is 18.5. The van der Waals surface area contributed by atoms with Crippen molar-refractivity contribution in [1.82, 2.24) is 4.98 Å². The van der Waals surface area contributed by atoms with Gasteiger partial charge in [-0.05, 0) is 37.3 Å². The summed E-state index contributed by atoms with van der Waals surface area (Å²) in [5.74, 6) is 1.08. The van der Waals surface area contributed by atoms with Crippen LogP contribution in [-0.4, -0.2) is 10.8 Å². The second-order valence-corrected chi connectivity index (χ2v) is 6.42. The fourth-order valence-electron chi connectivity index (χ4n) is 2.49. The first-order valence-electron chi connectivity index (χ1n) is 7.97. The van der Waals surface area contributed by atoms with Gasteiger partial charge in [0.15, 0.2) is 0 Å². The summed E-state index contributed by atoms with van der Waals surface area (Å²) in [7, 11) is 0. The fraction of sp³-hybridized carbons (Fsp3) is 0.100. The van der Waals surface area contributed by atoms with Gasteiger partial charge in [0, 0.05) is 27.4 Å². The summed E-state index contributed by atoms with van der Waals surface area (Å²) in [5, 5.41) is 1.12. The summed E-state index contributed by atoms with van der Waals surface area (Å²) in [6, 6.07) is 16.7. The standard InChI is InChI=1S/C20H17Cl2N3O/c1-13(23)25-18-9-3-2-6-14(18)20-19(10-5-11-24-20)26-12-15-16(21)7-4-8-17(15)22/h2-11H,12H2,1H3,(H2,23,25). The molecular weight excluding hydrogens is 369 g/mol. The Balaban J connectivity index is 1.97. The van der Waals surface area contributed by atoms with Gasteiger partial charge in [0.25, 0.3) is 0 Å². The number of halogens is 2. The third-order valence-electron chi connectivity index (χ3n) is 3.66. The van der Waals surface area contributed by atoms with E-state index in [0.717, 1.165) is 16.8 Å². The number of hydrogen-bond donors (Lipinski definition) is 1. The molecule has 0 bridgehead atoms. The number of rotatable bonds is 5. The van der Waals surface area contributed by atoms with Gasteiger partial charge in [-0.2, -0.15) is 0 Å². The van der Waals surface area contributed by atoms with Crippen molar-refractivity contribution >= 4 is 34.7 Å². The third kappa shape index (κ3) is 4.15. The van der Waals surface area contributed by atoms with Crippen LogP contribution in [0.2, 0.25) is 10.0 Å². The Labute approximate surface area is 162 Å². The van der Waals surface area contributed by atoms with Crippen LogP contribution in [0, 0.1) is 0 Å². The molecule has 2 N–H and O–H groups in total. The smallest absolute Gasteiger partial charge is 0.146 e. The van der Waals surface area contributed by atoms with Gasteiger partial charge in [0.05, 0.1) is 11.5 Å². The molecule has 0 unspecified atom stereocenters. The van der Waals surface area contributed by atoms with Crippen LogP contribution in [0.25, 0.3) is 11.3 Å². The van der Waals surface area contributed by atoms with Crippen molar-refractivity contribution in [3.05, 3.63) is 76.4 Å². The summed E-state index contributed by atoms with van der Waals surface area (Å²) >= 11 is 12.4. The van der Waals surface area contributed by atoms with Crippen molar-refractivity contribution in [1.29, 1.82) is 0 Å². The van der Waals surface area contributed by atoms with E-state index in [9.17, 15) is 0 Å². The van der Waals surface area contributed by atoms with Crippen LogP contribution in [0.3, 0.4) is 0 Å². The molecular formula is C20H17Cl2N3O. The maximum Gasteiger partial charge on any atom is 0.146 e. The molecule has 0 atom stereocenters. The number of aromatic nitrogens is 1. The molecule has 3 rings (SSSR count). The number of benzene rings is 2. The third-order valence-corrected chi connectivity index (χ3v) is 4.37. The zero-order valence-corrected chi connectivity index (χ0v) is 15.6. The van der Waals surface area contributed by atoms with Crippen LogP contribution in [0.15, 0.2) is 65.8 Å². The van der Waals surface area contributed by atoms with E-state index in [1.54, 1.807) is 31.3 Å². The maximum atomic E-state index is 6.22. The van der Waals surface area contributed by atoms with Crippen LogP contribution in [0.4, 0.5) is 5.69 Å². The molecule has 0 amide bonds. The molecule has 2 aromatic carbocycles. The monoisotopic (exact) mass is 385 g/mol. The zero-order valence-electron chi connectivity index (χ0n) is 14.1. The van der Waals surface area contributed by atoms with Gasteiger partial charge in [0.1, 0.15) is 18.1 Å². The SMILES string of the molecule is CC(N)=Nc1ccccc1-c1ncccc1OCc1c(Cl)cccc1Cl. The van der Waals surface area contributed by atoms with Crippen molar-refractivity contribution in [2.24, 2.45) is 10.7 Å².